The summed E-state index contributed by atoms with van der Waals surface area (Å²) in [5, 5.41) is 0. The van der Waals surface area contributed by atoms with E-state index in [1.807, 2.05) is 0 Å². The molecule has 2 rings (SSSR count). The summed E-state index contributed by atoms with van der Waals surface area (Å²) in [6.07, 6.45) is 11.9. The highest BCUT2D eigenvalue weighted by Gasteiger charge is 2.56. The van der Waals surface area contributed by atoms with Gasteiger partial charge in [0.1, 0.15) is 0 Å². The molecule has 0 nitrogen and oxygen atoms in total. The third-order valence-electron chi connectivity index (χ3n) is 5.56. The molecule has 0 heteroatoms. The van der Waals surface area contributed by atoms with Crippen LogP contribution in [0.2, 0.25) is 0 Å². The Morgan fingerprint density at radius 3 is 2.07 bits per heavy atom. The Morgan fingerprint density at radius 2 is 1.64 bits per heavy atom. The highest BCUT2D eigenvalue weighted by atomic mass is 14.6. The van der Waals surface area contributed by atoms with Gasteiger partial charge in [-0.3, -0.25) is 0 Å². The second-order valence-electron chi connectivity index (χ2n) is 6.46. The topological polar surface area (TPSA) is 0 Å². The van der Waals surface area contributed by atoms with Crippen molar-refractivity contribution in [3.05, 3.63) is 12.2 Å². The van der Waals surface area contributed by atoms with Crippen LogP contribution in [0.3, 0.4) is 0 Å². The molecule has 0 aromatic heterocycles. The minimum Gasteiger partial charge on any atom is -0.0880 e. The Hall–Kier alpha value is -0.260. The SMILES string of the molecule is CC1(C)CCC2(C=CCCC2)C1(C)C. The smallest absolute Gasteiger partial charge is 0.00617 e. The summed E-state index contributed by atoms with van der Waals surface area (Å²) in [5.74, 6) is 0. The van der Waals surface area contributed by atoms with Gasteiger partial charge in [-0.05, 0) is 48.3 Å². The number of hydrogen-bond acceptors (Lipinski definition) is 0. The van der Waals surface area contributed by atoms with Crippen LogP contribution in [0.15, 0.2) is 12.2 Å². The van der Waals surface area contributed by atoms with Crippen LogP contribution in [0.5, 0.6) is 0 Å². The molecule has 14 heavy (non-hydrogen) atoms. The van der Waals surface area contributed by atoms with Crippen molar-refractivity contribution in [2.45, 2.75) is 59.8 Å². The molecule has 1 fully saturated rings. The van der Waals surface area contributed by atoms with Crippen LogP contribution in [0.4, 0.5) is 0 Å². The molecule has 1 atom stereocenters. The fraction of sp³-hybridized carbons (Fsp3) is 0.857. The lowest BCUT2D eigenvalue weighted by Crippen LogP contribution is -2.40. The van der Waals surface area contributed by atoms with E-state index < -0.39 is 0 Å². The second-order valence-corrected chi connectivity index (χ2v) is 6.46. The normalized spacial score (nSPS) is 39.1. The van der Waals surface area contributed by atoms with E-state index >= 15 is 0 Å². The van der Waals surface area contributed by atoms with Gasteiger partial charge in [-0.2, -0.15) is 0 Å². The minimum atomic E-state index is 0.469. The Bertz CT molecular complexity index is 257. The van der Waals surface area contributed by atoms with Gasteiger partial charge >= 0.3 is 0 Å². The quantitative estimate of drug-likeness (QED) is 0.494. The van der Waals surface area contributed by atoms with Gasteiger partial charge in [-0.1, -0.05) is 39.8 Å². The molecule has 80 valence electrons. The highest BCUT2D eigenvalue weighted by Crippen LogP contribution is 2.65. The van der Waals surface area contributed by atoms with E-state index in [4.69, 9.17) is 0 Å². The zero-order valence-corrected chi connectivity index (χ0v) is 10.2. The molecule has 0 amide bonds. The number of rotatable bonds is 0. The Kier molecular flexibility index (Phi) is 2.10. The summed E-state index contributed by atoms with van der Waals surface area (Å²) < 4.78 is 0. The Balaban J connectivity index is 2.38. The molecule has 0 aromatic rings. The van der Waals surface area contributed by atoms with Crippen molar-refractivity contribution in [1.29, 1.82) is 0 Å². The van der Waals surface area contributed by atoms with Crippen molar-refractivity contribution in [1.82, 2.24) is 0 Å². The van der Waals surface area contributed by atoms with Crippen LogP contribution in [0.25, 0.3) is 0 Å². The summed E-state index contributed by atoms with van der Waals surface area (Å²) in [4.78, 5) is 0. The van der Waals surface area contributed by atoms with Crippen LogP contribution in [0, 0.1) is 16.2 Å². The molecule has 0 aromatic carbocycles. The van der Waals surface area contributed by atoms with Crippen molar-refractivity contribution in [2.24, 2.45) is 16.2 Å². The fourth-order valence-corrected chi connectivity index (χ4v) is 3.49. The molecular formula is C14H24. The maximum Gasteiger partial charge on any atom is -0.00617 e. The molecule has 2 aliphatic rings. The molecular weight excluding hydrogens is 168 g/mol. The molecule has 2 aliphatic carbocycles. The minimum absolute atomic E-state index is 0.469. The van der Waals surface area contributed by atoms with Gasteiger partial charge in [0, 0.05) is 0 Å². The summed E-state index contributed by atoms with van der Waals surface area (Å²) in [6.45, 7) is 9.86. The summed E-state index contributed by atoms with van der Waals surface area (Å²) in [6, 6.07) is 0. The van der Waals surface area contributed by atoms with E-state index in [0.29, 0.717) is 16.2 Å². The van der Waals surface area contributed by atoms with Gasteiger partial charge < -0.3 is 0 Å². The van der Waals surface area contributed by atoms with Crippen molar-refractivity contribution >= 4 is 0 Å². The van der Waals surface area contributed by atoms with Crippen molar-refractivity contribution in [3.63, 3.8) is 0 Å². The first-order valence-electron chi connectivity index (χ1n) is 6.09. The van der Waals surface area contributed by atoms with E-state index in [-0.39, 0.29) is 0 Å². The summed E-state index contributed by atoms with van der Waals surface area (Å²) in [5.41, 5.74) is 1.50. The predicted octanol–water partition coefficient (Wildman–Crippen LogP) is 4.56. The van der Waals surface area contributed by atoms with E-state index in [0.717, 1.165) is 0 Å². The molecule has 0 bridgehead atoms. The van der Waals surface area contributed by atoms with Crippen LogP contribution < -0.4 is 0 Å². The van der Waals surface area contributed by atoms with E-state index in [2.05, 4.69) is 39.8 Å². The van der Waals surface area contributed by atoms with Gasteiger partial charge in [0.25, 0.3) is 0 Å². The highest BCUT2D eigenvalue weighted by molar-refractivity contribution is 5.17. The maximum absolute atomic E-state index is 2.55. The number of allylic oxidation sites excluding steroid dienone is 2. The lowest BCUT2D eigenvalue weighted by molar-refractivity contribution is 0.0492. The number of hydrogen-bond donors (Lipinski definition) is 0. The maximum atomic E-state index is 2.55. The van der Waals surface area contributed by atoms with E-state index in [9.17, 15) is 0 Å². The third-order valence-corrected chi connectivity index (χ3v) is 5.56. The molecule has 0 aliphatic heterocycles. The van der Waals surface area contributed by atoms with Crippen molar-refractivity contribution < 1.29 is 0 Å². The van der Waals surface area contributed by atoms with Crippen LogP contribution in [-0.4, -0.2) is 0 Å². The first kappa shape index (κ1) is 10.3. The summed E-state index contributed by atoms with van der Waals surface area (Å²) >= 11 is 0. The lowest BCUT2D eigenvalue weighted by Gasteiger charge is -2.47. The van der Waals surface area contributed by atoms with E-state index in [1.165, 1.54) is 32.1 Å². The van der Waals surface area contributed by atoms with Gasteiger partial charge in [0.05, 0.1) is 0 Å². The first-order valence-corrected chi connectivity index (χ1v) is 6.09. The molecule has 0 N–H and O–H groups in total. The molecule has 1 unspecified atom stereocenters. The van der Waals surface area contributed by atoms with E-state index in [1.54, 1.807) is 0 Å². The average molecular weight is 192 g/mol. The molecule has 0 radical (unpaired) electrons. The van der Waals surface area contributed by atoms with Crippen LogP contribution in [-0.2, 0) is 0 Å². The molecule has 1 saturated carbocycles. The zero-order valence-electron chi connectivity index (χ0n) is 10.2. The third kappa shape index (κ3) is 1.12. The Labute approximate surface area is 88.8 Å². The van der Waals surface area contributed by atoms with Gasteiger partial charge in [-0.15, -0.1) is 0 Å². The van der Waals surface area contributed by atoms with Crippen LogP contribution >= 0.6 is 0 Å². The lowest BCUT2D eigenvalue weighted by atomic mass is 9.57. The summed E-state index contributed by atoms with van der Waals surface area (Å²) in [7, 11) is 0. The Morgan fingerprint density at radius 1 is 0.929 bits per heavy atom. The van der Waals surface area contributed by atoms with Gasteiger partial charge in [-0.25, -0.2) is 0 Å². The van der Waals surface area contributed by atoms with Crippen molar-refractivity contribution in [3.8, 4) is 0 Å². The molecule has 0 heterocycles. The average Bonchev–Trinajstić information content (AvgIpc) is 2.30. The fourth-order valence-electron chi connectivity index (χ4n) is 3.49. The predicted molar refractivity (Wildman–Crippen MR) is 62.2 cm³/mol. The second kappa shape index (κ2) is 2.87. The monoisotopic (exact) mass is 192 g/mol. The largest absolute Gasteiger partial charge is 0.0880 e. The van der Waals surface area contributed by atoms with Gasteiger partial charge in [0.15, 0.2) is 0 Å². The molecule has 1 spiro atoms. The van der Waals surface area contributed by atoms with Crippen LogP contribution in [0.1, 0.15) is 59.8 Å². The van der Waals surface area contributed by atoms with Gasteiger partial charge in [0.2, 0.25) is 0 Å². The molecule has 0 saturated heterocycles. The standard InChI is InChI=1S/C14H24/c1-12(2)10-11-14(13(12,3)4)8-6-5-7-9-14/h6,8H,5,7,9-11H2,1-4H3. The van der Waals surface area contributed by atoms with Crippen molar-refractivity contribution in [2.75, 3.05) is 0 Å². The zero-order chi connectivity index (χ0) is 10.4. The first-order chi connectivity index (χ1) is 6.41.